The Labute approximate surface area is 182 Å². The summed E-state index contributed by atoms with van der Waals surface area (Å²) in [4.78, 5) is 12.3. The second-order valence-electron chi connectivity index (χ2n) is 8.59. The summed E-state index contributed by atoms with van der Waals surface area (Å²) in [7, 11) is -5.69. The van der Waals surface area contributed by atoms with Crippen LogP contribution in [0.5, 0.6) is 0 Å². The number of carbonyl (C=O) groups is 1. The maximum atomic E-state index is 13.4. The summed E-state index contributed by atoms with van der Waals surface area (Å²) >= 11 is 0. The zero-order valence-electron chi connectivity index (χ0n) is 17.4. The van der Waals surface area contributed by atoms with Gasteiger partial charge in [-0.05, 0) is 50.4 Å². The fourth-order valence-corrected chi connectivity index (χ4v) is 4.86. The average molecular weight is 494 g/mol. The van der Waals surface area contributed by atoms with Crippen LogP contribution in [0.25, 0.3) is 0 Å². The number of carbonyl (C=O) groups excluding carboxylic acids is 1. The van der Waals surface area contributed by atoms with Crippen LogP contribution >= 0.6 is 0 Å². The lowest BCUT2D eigenvalue weighted by Gasteiger charge is -2.50. The van der Waals surface area contributed by atoms with E-state index in [-0.39, 0.29) is 12.8 Å². The van der Waals surface area contributed by atoms with E-state index in [0.29, 0.717) is 19.3 Å². The molecule has 0 amide bonds. The molecule has 2 rings (SSSR count). The van der Waals surface area contributed by atoms with E-state index < -0.39 is 75.8 Å². The molecule has 5 atom stereocenters. The Kier molecular flexibility index (Phi) is 8.01. The first-order valence-electron chi connectivity index (χ1n) is 10.1. The molecule has 0 spiro atoms. The van der Waals surface area contributed by atoms with Gasteiger partial charge in [0.25, 0.3) is 0 Å². The molecule has 5 unspecified atom stereocenters. The van der Waals surface area contributed by atoms with E-state index in [1.807, 2.05) is 0 Å². The molecule has 2 N–H and O–H groups in total. The summed E-state index contributed by atoms with van der Waals surface area (Å²) < 4.78 is 106. The van der Waals surface area contributed by atoms with Gasteiger partial charge in [-0.2, -0.15) is 30.4 Å². The molecule has 2 fully saturated rings. The molecule has 0 saturated heterocycles. The molecule has 0 aromatic rings. The zero-order chi connectivity index (χ0) is 24.5. The van der Waals surface area contributed by atoms with Gasteiger partial charge in [0.05, 0.1) is 12.2 Å². The number of halogens is 5. The number of hydrogen-bond acceptors (Lipinski definition) is 6. The minimum atomic E-state index is -5.69. The minimum Gasteiger partial charge on any atom is -0.459 e. The molecule has 0 heterocycles. The fourth-order valence-electron chi connectivity index (χ4n) is 4.62. The topological polar surface area (TPSA) is 110 Å². The van der Waals surface area contributed by atoms with Gasteiger partial charge in [-0.25, -0.2) is 4.79 Å². The van der Waals surface area contributed by atoms with Gasteiger partial charge in [0.15, 0.2) is 5.60 Å². The Hall–Kier alpha value is -1.31. The normalized spacial score (nSPS) is 29.0. The highest BCUT2D eigenvalue weighted by molar-refractivity contribution is 7.86. The molecule has 0 bridgehead atoms. The largest absolute Gasteiger partial charge is 0.459 e. The first-order valence-corrected chi connectivity index (χ1v) is 11.5. The summed E-state index contributed by atoms with van der Waals surface area (Å²) in [6.07, 6.45) is -3.10. The van der Waals surface area contributed by atoms with Crippen molar-refractivity contribution in [1.82, 2.24) is 0 Å². The summed E-state index contributed by atoms with van der Waals surface area (Å²) in [5.74, 6) is -2.96. The molecule has 2 aliphatic carbocycles. The van der Waals surface area contributed by atoms with E-state index in [9.17, 15) is 40.3 Å². The van der Waals surface area contributed by atoms with Crippen LogP contribution in [0.3, 0.4) is 0 Å². The third kappa shape index (κ3) is 5.78. The summed E-state index contributed by atoms with van der Waals surface area (Å²) in [5.41, 5.74) is -3.27. The average Bonchev–Trinajstić information content (AvgIpc) is 2.66. The molecule has 0 aliphatic heterocycles. The highest BCUT2D eigenvalue weighted by Crippen LogP contribution is 2.52. The molecule has 0 aromatic carbocycles. The van der Waals surface area contributed by atoms with E-state index in [1.54, 1.807) is 0 Å². The Balaban J connectivity index is 2.00. The van der Waals surface area contributed by atoms with Crippen LogP contribution in [-0.2, 0) is 24.4 Å². The minimum absolute atomic E-state index is 0.0187. The van der Waals surface area contributed by atoms with E-state index >= 15 is 0 Å². The molecular formula is C19H27F5O7S. The van der Waals surface area contributed by atoms with Crippen LogP contribution in [0, 0.1) is 17.8 Å². The monoisotopic (exact) mass is 494 g/mol. The molecule has 186 valence electrons. The van der Waals surface area contributed by atoms with Gasteiger partial charge in [-0.15, -0.1) is 0 Å². The van der Waals surface area contributed by atoms with Gasteiger partial charge in [-0.1, -0.05) is 19.4 Å². The maximum Gasteiger partial charge on any atom is 0.417 e. The van der Waals surface area contributed by atoms with Crippen LogP contribution in [0.4, 0.5) is 22.0 Å². The Morgan fingerprint density at radius 2 is 1.62 bits per heavy atom. The standard InChI is InChI=1S/C19H27F5O7S/c1-11(9-30-10-18(20,21)32(27,28)29)16(25)31-15-8-7-14(17(2,26)19(22,23)24)12-5-3-4-6-13(12)15/h12-15,26H,1,3-10H2,2H3,(H,27,28,29). The zero-order valence-corrected chi connectivity index (χ0v) is 18.2. The number of hydrogen-bond donors (Lipinski definition) is 2. The number of ether oxygens (including phenoxy) is 2. The molecule has 13 heteroatoms. The van der Waals surface area contributed by atoms with Crippen LogP contribution in [0.1, 0.15) is 45.4 Å². The van der Waals surface area contributed by atoms with Crippen molar-refractivity contribution in [3.05, 3.63) is 12.2 Å². The number of alkyl halides is 5. The van der Waals surface area contributed by atoms with Gasteiger partial charge in [-0.3, -0.25) is 4.55 Å². The molecule has 0 aromatic heterocycles. The predicted octanol–water partition coefficient (Wildman–Crippen LogP) is 3.48. The van der Waals surface area contributed by atoms with Crippen molar-refractivity contribution in [2.75, 3.05) is 13.2 Å². The molecular weight excluding hydrogens is 467 g/mol. The lowest BCUT2D eigenvalue weighted by molar-refractivity contribution is -0.287. The van der Waals surface area contributed by atoms with Crippen LogP contribution in [0.15, 0.2) is 12.2 Å². The van der Waals surface area contributed by atoms with Crippen molar-refractivity contribution < 1.29 is 54.3 Å². The number of rotatable bonds is 8. The van der Waals surface area contributed by atoms with Gasteiger partial charge in [0.1, 0.15) is 12.7 Å². The van der Waals surface area contributed by atoms with E-state index in [1.165, 1.54) is 0 Å². The third-order valence-corrected chi connectivity index (χ3v) is 7.27. The van der Waals surface area contributed by atoms with Gasteiger partial charge in [0, 0.05) is 0 Å². The molecule has 2 saturated carbocycles. The lowest BCUT2D eigenvalue weighted by Crippen LogP contribution is -2.56. The van der Waals surface area contributed by atoms with E-state index in [2.05, 4.69) is 11.3 Å². The van der Waals surface area contributed by atoms with Crippen molar-refractivity contribution in [1.29, 1.82) is 0 Å². The van der Waals surface area contributed by atoms with E-state index in [0.717, 1.165) is 13.3 Å². The number of esters is 1. The summed E-state index contributed by atoms with van der Waals surface area (Å²) in [6.45, 7) is 1.61. The van der Waals surface area contributed by atoms with Crippen LogP contribution in [-0.4, -0.2) is 60.4 Å². The number of fused-ring (bicyclic) bond motifs is 1. The molecule has 32 heavy (non-hydrogen) atoms. The quantitative estimate of drug-likeness (QED) is 0.230. The molecule has 0 radical (unpaired) electrons. The lowest BCUT2D eigenvalue weighted by atomic mass is 9.60. The van der Waals surface area contributed by atoms with Crippen molar-refractivity contribution in [2.45, 2.75) is 68.6 Å². The van der Waals surface area contributed by atoms with Crippen molar-refractivity contribution in [2.24, 2.45) is 17.8 Å². The van der Waals surface area contributed by atoms with Crippen molar-refractivity contribution in [3.63, 3.8) is 0 Å². The summed E-state index contributed by atoms with van der Waals surface area (Å²) in [5, 5.41) is 5.64. The maximum absolute atomic E-state index is 13.4. The highest BCUT2D eigenvalue weighted by atomic mass is 32.2. The van der Waals surface area contributed by atoms with Gasteiger partial charge in [0.2, 0.25) is 0 Å². The first kappa shape index (κ1) is 26.9. The van der Waals surface area contributed by atoms with E-state index in [4.69, 9.17) is 9.29 Å². The fraction of sp³-hybridized carbons (Fsp3) is 0.842. The molecule has 2 aliphatic rings. The van der Waals surface area contributed by atoms with Crippen molar-refractivity contribution >= 4 is 16.1 Å². The second-order valence-corrected chi connectivity index (χ2v) is 10.1. The van der Waals surface area contributed by atoms with Crippen molar-refractivity contribution in [3.8, 4) is 0 Å². The Morgan fingerprint density at radius 1 is 1.06 bits per heavy atom. The van der Waals surface area contributed by atoms with Crippen LogP contribution in [0.2, 0.25) is 0 Å². The Morgan fingerprint density at radius 3 is 2.16 bits per heavy atom. The van der Waals surface area contributed by atoms with Crippen LogP contribution < -0.4 is 0 Å². The smallest absolute Gasteiger partial charge is 0.417 e. The second kappa shape index (κ2) is 9.51. The summed E-state index contributed by atoms with van der Waals surface area (Å²) in [6, 6.07) is 0. The highest BCUT2D eigenvalue weighted by Gasteiger charge is 2.59. The SMILES string of the molecule is C=C(COCC(F)(F)S(=O)(=O)O)C(=O)OC1CCC(C(C)(O)C(F)(F)F)C2CCCCC12. The van der Waals surface area contributed by atoms with Gasteiger partial charge >= 0.3 is 27.5 Å². The Bertz CT molecular complexity index is 809. The number of aliphatic hydroxyl groups is 1. The van der Waals surface area contributed by atoms with Gasteiger partial charge < -0.3 is 14.6 Å². The first-order chi connectivity index (χ1) is 14.5. The molecule has 7 nitrogen and oxygen atoms in total. The predicted molar refractivity (Wildman–Crippen MR) is 101 cm³/mol. The third-order valence-electron chi connectivity index (χ3n) is 6.40.